The van der Waals surface area contributed by atoms with Crippen molar-refractivity contribution in [3.05, 3.63) is 188 Å². The maximum absolute atomic E-state index is 6.64. The molecule has 0 N–H and O–H groups in total. The van der Waals surface area contributed by atoms with Crippen LogP contribution in [0.2, 0.25) is 0 Å². The first kappa shape index (κ1) is 33.7. The Morgan fingerprint density at radius 2 is 0.984 bits per heavy atom. The van der Waals surface area contributed by atoms with Crippen LogP contribution in [0.3, 0.4) is 0 Å². The van der Waals surface area contributed by atoms with Crippen LogP contribution in [-0.2, 0) is 0 Å². The maximum atomic E-state index is 6.64. The van der Waals surface area contributed by atoms with E-state index in [1.165, 1.54) is 41.7 Å². The number of nitrogens with zero attached hydrogens (tertiary/aromatic N) is 5. The number of para-hydroxylation sites is 4. The van der Waals surface area contributed by atoms with Gasteiger partial charge in [-0.15, -0.1) is 11.3 Å². The minimum Gasteiger partial charge on any atom is -0.456 e. The molecule has 5 aromatic heterocycles. The second-order valence-corrected chi connectivity index (χ2v) is 17.0. The van der Waals surface area contributed by atoms with Crippen LogP contribution in [-0.4, -0.2) is 24.1 Å². The number of fused-ring (bicyclic) bond motifs is 13. The molecule has 0 radical (unpaired) electrons. The van der Waals surface area contributed by atoms with Crippen molar-refractivity contribution in [1.82, 2.24) is 24.1 Å². The fourth-order valence-corrected chi connectivity index (χ4v) is 11.0. The average molecular weight is 810 g/mol. The molecule has 0 unspecified atom stereocenters. The van der Waals surface area contributed by atoms with Crippen molar-refractivity contribution in [3.63, 3.8) is 0 Å². The predicted octanol–water partition coefficient (Wildman–Crippen LogP) is 14.8. The predicted molar refractivity (Wildman–Crippen MR) is 257 cm³/mol. The molecule has 0 saturated heterocycles. The SMILES string of the molecule is c1ccc2cc3c(cc2c1)c1ccccc1n3-c1ccc2oc3ccccc3c2c1-c1nc(-c2ccc3c(c2)sc2ccccc23)nc(-n2c3ccccc3c3ccccc32)n1. The topological polar surface area (TPSA) is 61.7 Å². The molecular weight excluding hydrogens is 779 g/mol. The summed E-state index contributed by atoms with van der Waals surface area (Å²) >= 11 is 1.79. The van der Waals surface area contributed by atoms with E-state index in [4.69, 9.17) is 19.4 Å². The quantitative estimate of drug-likeness (QED) is 0.178. The lowest BCUT2D eigenvalue weighted by Crippen LogP contribution is -2.08. The first-order chi connectivity index (χ1) is 30.7. The van der Waals surface area contributed by atoms with Gasteiger partial charge in [0.2, 0.25) is 5.95 Å². The fraction of sp³-hybridized carbons (Fsp3) is 0. The molecule has 6 nitrogen and oxygen atoms in total. The number of thiophene rings is 1. The van der Waals surface area contributed by atoms with Crippen molar-refractivity contribution in [1.29, 1.82) is 0 Å². The van der Waals surface area contributed by atoms with Crippen molar-refractivity contribution < 1.29 is 4.42 Å². The number of furan rings is 1. The van der Waals surface area contributed by atoms with Crippen LogP contribution in [0.15, 0.2) is 192 Å². The summed E-state index contributed by atoms with van der Waals surface area (Å²) < 4.78 is 13.7. The first-order valence-electron chi connectivity index (χ1n) is 20.8. The van der Waals surface area contributed by atoms with E-state index in [1.54, 1.807) is 11.3 Å². The van der Waals surface area contributed by atoms with Crippen molar-refractivity contribution >= 4 is 108 Å². The highest BCUT2D eigenvalue weighted by Gasteiger charge is 2.26. The molecule has 0 fully saturated rings. The van der Waals surface area contributed by atoms with Gasteiger partial charge in [0, 0.05) is 58.1 Å². The number of aromatic nitrogens is 5. The van der Waals surface area contributed by atoms with Gasteiger partial charge in [0.15, 0.2) is 11.6 Å². The van der Waals surface area contributed by atoms with Crippen LogP contribution >= 0.6 is 11.3 Å². The van der Waals surface area contributed by atoms with Gasteiger partial charge < -0.3 is 8.98 Å². The summed E-state index contributed by atoms with van der Waals surface area (Å²) in [6, 6.07) is 66.7. The van der Waals surface area contributed by atoms with Crippen LogP contribution in [0.25, 0.3) is 131 Å². The van der Waals surface area contributed by atoms with E-state index in [2.05, 4.69) is 185 Å². The lowest BCUT2D eigenvalue weighted by molar-refractivity contribution is 0.669. The van der Waals surface area contributed by atoms with Crippen LogP contribution < -0.4 is 0 Å². The minimum atomic E-state index is 0.544. The number of benzene rings is 9. The third kappa shape index (κ3) is 4.76. The Morgan fingerprint density at radius 1 is 0.387 bits per heavy atom. The Bertz CT molecular complexity index is 4130. The molecule has 14 rings (SSSR count). The minimum absolute atomic E-state index is 0.544. The zero-order valence-corrected chi connectivity index (χ0v) is 33.8. The van der Waals surface area contributed by atoms with Gasteiger partial charge in [-0.3, -0.25) is 4.57 Å². The van der Waals surface area contributed by atoms with Crippen LogP contribution in [0.1, 0.15) is 0 Å². The van der Waals surface area contributed by atoms with Gasteiger partial charge in [-0.1, -0.05) is 127 Å². The van der Waals surface area contributed by atoms with E-state index < -0.39 is 0 Å². The smallest absolute Gasteiger partial charge is 0.238 e. The summed E-state index contributed by atoms with van der Waals surface area (Å²) in [5.41, 5.74) is 8.57. The number of hydrogen-bond donors (Lipinski definition) is 0. The van der Waals surface area contributed by atoms with Gasteiger partial charge in [0.1, 0.15) is 11.2 Å². The Morgan fingerprint density at radius 3 is 1.76 bits per heavy atom. The van der Waals surface area contributed by atoms with Gasteiger partial charge in [-0.2, -0.15) is 9.97 Å². The van der Waals surface area contributed by atoms with Crippen molar-refractivity contribution in [2.24, 2.45) is 0 Å². The second-order valence-electron chi connectivity index (χ2n) is 16.0. The molecule has 0 atom stereocenters. The lowest BCUT2D eigenvalue weighted by atomic mass is 10.0. The summed E-state index contributed by atoms with van der Waals surface area (Å²) in [4.78, 5) is 16.5. The van der Waals surface area contributed by atoms with Crippen molar-refractivity contribution in [2.45, 2.75) is 0 Å². The summed E-state index contributed by atoms with van der Waals surface area (Å²) in [6.45, 7) is 0. The third-order valence-corrected chi connectivity index (χ3v) is 13.7. The van der Waals surface area contributed by atoms with E-state index in [-0.39, 0.29) is 0 Å². The summed E-state index contributed by atoms with van der Waals surface area (Å²) in [7, 11) is 0. The zero-order valence-electron chi connectivity index (χ0n) is 33.0. The fourth-order valence-electron chi connectivity index (χ4n) is 9.84. The zero-order chi connectivity index (χ0) is 40.5. The Kier molecular flexibility index (Phi) is 6.89. The van der Waals surface area contributed by atoms with Gasteiger partial charge in [-0.25, -0.2) is 4.98 Å². The Labute approximate surface area is 357 Å². The summed E-state index contributed by atoms with van der Waals surface area (Å²) in [5.74, 6) is 1.69. The molecule has 14 aromatic rings. The first-order valence-corrected chi connectivity index (χ1v) is 21.6. The lowest BCUT2D eigenvalue weighted by Gasteiger charge is -2.16. The van der Waals surface area contributed by atoms with Crippen LogP contribution in [0.4, 0.5) is 0 Å². The summed E-state index contributed by atoms with van der Waals surface area (Å²) in [5, 5.41) is 11.4. The van der Waals surface area contributed by atoms with E-state index in [1.807, 2.05) is 12.1 Å². The van der Waals surface area contributed by atoms with Crippen LogP contribution in [0.5, 0.6) is 0 Å². The monoisotopic (exact) mass is 809 g/mol. The molecule has 0 aliphatic carbocycles. The van der Waals surface area contributed by atoms with Crippen molar-refractivity contribution in [3.8, 4) is 34.4 Å². The van der Waals surface area contributed by atoms with Gasteiger partial charge in [0.25, 0.3) is 0 Å². The molecule has 0 aliphatic heterocycles. The van der Waals surface area contributed by atoms with Gasteiger partial charge >= 0.3 is 0 Å². The molecule has 5 heterocycles. The number of rotatable bonds is 4. The third-order valence-electron chi connectivity index (χ3n) is 12.6. The molecule has 9 aromatic carbocycles. The maximum Gasteiger partial charge on any atom is 0.238 e. The van der Waals surface area contributed by atoms with E-state index in [0.29, 0.717) is 17.6 Å². The molecule has 288 valence electrons. The number of hydrogen-bond acceptors (Lipinski definition) is 5. The largest absolute Gasteiger partial charge is 0.456 e. The highest BCUT2D eigenvalue weighted by molar-refractivity contribution is 7.25. The normalized spacial score (nSPS) is 12.2. The molecule has 0 spiro atoms. The molecule has 0 bridgehead atoms. The molecule has 0 saturated carbocycles. The second kappa shape index (κ2) is 12.7. The highest BCUT2D eigenvalue weighted by Crippen LogP contribution is 2.44. The van der Waals surface area contributed by atoms with E-state index >= 15 is 0 Å². The Hall–Kier alpha value is -8.13. The van der Waals surface area contributed by atoms with Gasteiger partial charge in [0.05, 0.1) is 33.3 Å². The molecule has 62 heavy (non-hydrogen) atoms. The van der Waals surface area contributed by atoms with Crippen LogP contribution in [0, 0.1) is 0 Å². The summed E-state index contributed by atoms with van der Waals surface area (Å²) in [6.07, 6.45) is 0. The molecule has 0 amide bonds. The van der Waals surface area contributed by atoms with E-state index in [9.17, 15) is 0 Å². The molecular formula is C55H31N5OS. The molecule has 0 aliphatic rings. The van der Waals surface area contributed by atoms with Crippen molar-refractivity contribution in [2.75, 3.05) is 0 Å². The standard InChI is InChI=1S/C55H31N5OS/c1-2-14-33-30-46-41(29-32(33)13-1)37-17-5-8-20-42(37)59(46)45-27-28-48-51(40-19-6-11-23-47(40)61-48)52(45)54-56-53(34-25-26-39-38-18-7-12-24-49(38)62-50(39)31-34)57-55(58-54)60-43-21-9-3-15-35(43)36-16-4-10-22-44(36)60/h1-31H. The average Bonchev–Trinajstić information content (AvgIpc) is 4.08. The highest BCUT2D eigenvalue weighted by atomic mass is 32.1. The Balaban J connectivity index is 1.14. The molecule has 7 heteroatoms. The van der Waals surface area contributed by atoms with E-state index in [0.717, 1.165) is 71.6 Å². The van der Waals surface area contributed by atoms with Gasteiger partial charge in [-0.05, 0) is 71.4 Å².